The highest BCUT2D eigenvalue weighted by molar-refractivity contribution is 7.89. The lowest BCUT2D eigenvalue weighted by molar-refractivity contribution is 0.102. The van der Waals surface area contributed by atoms with E-state index >= 15 is 0 Å². The van der Waals surface area contributed by atoms with E-state index in [0.29, 0.717) is 23.7 Å². The van der Waals surface area contributed by atoms with Gasteiger partial charge in [-0.1, -0.05) is 16.8 Å². The molecule has 1 heterocycles. The Morgan fingerprint density at radius 1 is 1.22 bits per heavy atom. The number of carbonyl (C=O) groups excluding carboxylic acids is 1. The van der Waals surface area contributed by atoms with Gasteiger partial charge in [-0.2, -0.15) is 0 Å². The van der Waals surface area contributed by atoms with Crippen molar-refractivity contribution in [1.82, 2.24) is 9.88 Å². The monoisotopic (exact) mass is 389 g/mol. The summed E-state index contributed by atoms with van der Waals surface area (Å²) in [5.74, 6) is 0.513. The highest BCUT2D eigenvalue weighted by Crippen LogP contribution is 2.20. The molecule has 1 aliphatic rings. The maximum atomic E-state index is 12.4. The van der Waals surface area contributed by atoms with Gasteiger partial charge in [0.25, 0.3) is 5.91 Å². The quantitative estimate of drug-likeness (QED) is 0.707. The molecule has 7 nitrogen and oxygen atoms in total. The number of hydrogen-bond acceptors (Lipinski definition) is 5. The minimum Gasteiger partial charge on any atom is -0.360 e. The van der Waals surface area contributed by atoms with E-state index in [1.54, 1.807) is 13.0 Å². The van der Waals surface area contributed by atoms with Gasteiger partial charge in [-0.15, -0.1) is 0 Å². The van der Waals surface area contributed by atoms with Crippen molar-refractivity contribution in [3.63, 3.8) is 0 Å². The van der Waals surface area contributed by atoms with Crippen LogP contribution in [0.1, 0.15) is 48.2 Å². The number of hydrogen-bond donors (Lipinski definition) is 2. The van der Waals surface area contributed by atoms with E-state index in [9.17, 15) is 13.2 Å². The first-order valence-electron chi connectivity index (χ1n) is 8.96. The Kier molecular flexibility index (Phi) is 6.08. The highest BCUT2D eigenvalue weighted by atomic mass is 32.2. The van der Waals surface area contributed by atoms with Crippen LogP contribution in [0.15, 0.2) is 51.4 Å². The van der Waals surface area contributed by atoms with Crippen LogP contribution in [-0.4, -0.2) is 26.0 Å². The lowest BCUT2D eigenvalue weighted by atomic mass is 9.97. The Balaban J connectivity index is 1.57. The summed E-state index contributed by atoms with van der Waals surface area (Å²) < 4.78 is 32.3. The SMILES string of the molecule is Cc1cc(NC(=O)c2ccc(S(=O)(=O)NCCC3=CCCCC3)cc2)no1. The normalized spacial score (nSPS) is 14.6. The van der Waals surface area contributed by atoms with Gasteiger partial charge in [-0.3, -0.25) is 4.79 Å². The number of aryl methyl sites for hydroxylation is 1. The van der Waals surface area contributed by atoms with Gasteiger partial charge in [-0.05, 0) is 63.3 Å². The van der Waals surface area contributed by atoms with E-state index < -0.39 is 10.0 Å². The van der Waals surface area contributed by atoms with Gasteiger partial charge in [0.15, 0.2) is 5.82 Å². The summed E-state index contributed by atoms with van der Waals surface area (Å²) in [4.78, 5) is 12.3. The maximum Gasteiger partial charge on any atom is 0.256 e. The van der Waals surface area contributed by atoms with Crippen molar-refractivity contribution in [3.8, 4) is 0 Å². The molecule has 0 saturated heterocycles. The number of nitrogens with zero attached hydrogens (tertiary/aromatic N) is 1. The van der Waals surface area contributed by atoms with Crippen molar-refractivity contribution in [2.45, 2.75) is 43.9 Å². The lowest BCUT2D eigenvalue weighted by Gasteiger charge is -2.13. The summed E-state index contributed by atoms with van der Waals surface area (Å²) in [5, 5.41) is 6.29. The van der Waals surface area contributed by atoms with Crippen LogP contribution >= 0.6 is 0 Å². The number of carbonyl (C=O) groups is 1. The summed E-state index contributed by atoms with van der Waals surface area (Å²) in [6.45, 7) is 2.10. The molecule has 2 aromatic rings. The topological polar surface area (TPSA) is 101 Å². The van der Waals surface area contributed by atoms with E-state index in [0.717, 1.165) is 19.3 Å². The molecular weight excluding hydrogens is 366 g/mol. The van der Waals surface area contributed by atoms with Crippen molar-refractivity contribution in [2.24, 2.45) is 0 Å². The van der Waals surface area contributed by atoms with Crippen LogP contribution in [0.3, 0.4) is 0 Å². The molecule has 0 unspecified atom stereocenters. The number of amides is 1. The average molecular weight is 389 g/mol. The standard InChI is InChI=1S/C19H23N3O4S/c1-14-13-18(22-26-14)21-19(23)16-7-9-17(10-8-16)27(24,25)20-12-11-15-5-3-2-4-6-15/h5,7-10,13,20H,2-4,6,11-12H2,1H3,(H,21,22,23). The number of benzene rings is 1. The third-order valence-electron chi connectivity index (χ3n) is 4.42. The van der Waals surface area contributed by atoms with E-state index in [1.165, 1.54) is 42.7 Å². The van der Waals surface area contributed by atoms with E-state index in [4.69, 9.17) is 4.52 Å². The number of aromatic nitrogens is 1. The van der Waals surface area contributed by atoms with Gasteiger partial charge < -0.3 is 9.84 Å². The highest BCUT2D eigenvalue weighted by Gasteiger charge is 2.16. The molecule has 0 saturated carbocycles. The number of allylic oxidation sites excluding steroid dienone is 1. The van der Waals surface area contributed by atoms with Gasteiger partial charge in [0.1, 0.15) is 5.76 Å². The van der Waals surface area contributed by atoms with Crippen LogP contribution in [0.4, 0.5) is 5.82 Å². The van der Waals surface area contributed by atoms with Crippen LogP contribution in [-0.2, 0) is 10.0 Å². The molecule has 144 valence electrons. The first-order valence-corrected chi connectivity index (χ1v) is 10.4. The Morgan fingerprint density at radius 3 is 2.63 bits per heavy atom. The largest absolute Gasteiger partial charge is 0.360 e. The Morgan fingerprint density at radius 2 is 2.00 bits per heavy atom. The van der Waals surface area contributed by atoms with E-state index in [2.05, 4.69) is 21.3 Å². The van der Waals surface area contributed by atoms with Crippen molar-refractivity contribution in [2.75, 3.05) is 11.9 Å². The summed E-state index contributed by atoms with van der Waals surface area (Å²) in [5.41, 5.74) is 1.65. The zero-order valence-electron chi connectivity index (χ0n) is 15.2. The third-order valence-corrected chi connectivity index (χ3v) is 5.90. The van der Waals surface area contributed by atoms with Crippen molar-refractivity contribution in [3.05, 3.63) is 53.3 Å². The second-order valence-electron chi connectivity index (χ2n) is 6.56. The smallest absolute Gasteiger partial charge is 0.256 e. The zero-order chi connectivity index (χ0) is 19.3. The summed E-state index contributed by atoms with van der Waals surface area (Å²) in [6.07, 6.45) is 7.47. The number of anilines is 1. The first kappa shape index (κ1) is 19.3. The average Bonchev–Trinajstić information content (AvgIpc) is 3.07. The summed E-state index contributed by atoms with van der Waals surface area (Å²) in [7, 11) is -3.60. The molecule has 0 aliphatic heterocycles. The molecule has 0 radical (unpaired) electrons. The fourth-order valence-electron chi connectivity index (χ4n) is 2.96. The van der Waals surface area contributed by atoms with Crippen LogP contribution in [0, 0.1) is 6.92 Å². The molecule has 1 aliphatic carbocycles. The van der Waals surface area contributed by atoms with Crippen LogP contribution in [0.5, 0.6) is 0 Å². The molecule has 3 rings (SSSR count). The second kappa shape index (κ2) is 8.49. The number of nitrogens with one attached hydrogen (secondary N) is 2. The van der Waals surface area contributed by atoms with Crippen LogP contribution in [0.2, 0.25) is 0 Å². The Hall–Kier alpha value is -2.45. The molecule has 0 bridgehead atoms. The minimum atomic E-state index is -3.60. The van der Waals surface area contributed by atoms with Crippen molar-refractivity contribution in [1.29, 1.82) is 0 Å². The molecule has 27 heavy (non-hydrogen) atoms. The third kappa shape index (κ3) is 5.27. The predicted octanol–water partition coefficient (Wildman–Crippen LogP) is 3.40. The number of sulfonamides is 1. The fourth-order valence-corrected chi connectivity index (χ4v) is 3.99. The summed E-state index contributed by atoms with van der Waals surface area (Å²) >= 11 is 0. The molecule has 0 spiro atoms. The molecule has 2 N–H and O–H groups in total. The van der Waals surface area contributed by atoms with Gasteiger partial charge in [0.2, 0.25) is 10.0 Å². The molecule has 8 heteroatoms. The predicted molar refractivity (Wildman–Crippen MR) is 102 cm³/mol. The molecule has 0 atom stereocenters. The summed E-state index contributed by atoms with van der Waals surface area (Å²) in [6, 6.07) is 7.39. The molecule has 1 amide bonds. The van der Waals surface area contributed by atoms with Gasteiger partial charge >= 0.3 is 0 Å². The Bertz CT molecular complexity index is 930. The van der Waals surface area contributed by atoms with Gasteiger partial charge in [0, 0.05) is 18.2 Å². The van der Waals surface area contributed by atoms with Crippen molar-refractivity contribution < 1.29 is 17.7 Å². The van der Waals surface area contributed by atoms with Crippen LogP contribution < -0.4 is 10.0 Å². The molecule has 0 fully saturated rings. The molecule has 1 aromatic carbocycles. The van der Waals surface area contributed by atoms with Crippen LogP contribution in [0.25, 0.3) is 0 Å². The Labute approximate surface area is 158 Å². The minimum absolute atomic E-state index is 0.133. The van der Waals surface area contributed by atoms with Gasteiger partial charge in [-0.25, -0.2) is 13.1 Å². The number of rotatable bonds is 7. The molecule has 1 aromatic heterocycles. The van der Waals surface area contributed by atoms with Gasteiger partial charge in [0.05, 0.1) is 4.90 Å². The van der Waals surface area contributed by atoms with E-state index in [1.807, 2.05) is 0 Å². The molecular formula is C19H23N3O4S. The fraction of sp³-hybridized carbons (Fsp3) is 0.368. The second-order valence-corrected chi connectivity index (χ2v) is 8.32. The van der Waals surface area contributed by atoms with Crippen molar-refractivity contribution >= 4 is 21.7 Å². The van der Waals surface area contributed by atoms with E-state index in [-0.39, 0.29) is 10.8 Å². The first-order chi connectivity index (χ1) is 12.9. The lowest BCUT2D eigenvalue weighted by Crippen LogP contribution is -2.25. The zero-order valence-corrected chi connectivity index (χ0v) is 16.0. The maximum absolute atomic E-state index is 12.4.